The summed E-state index contributed by atoms with van der Waals surface area (Å²) in [5.74, 6) is -0.543. The van der Waals surface area contributed by atoms with Crippen molar-refractivity contribution < 1.29 is 9.18 Å². The first kappa shape index (κ1) is 10.4. The monoisotopic (exact) mass is 193 g/mol. The smallest absolute Gasteiger partial charge is 0.161 e. The summed E-state index contributed by atoms with van der Waals surface area (Å²) in [4.78, 5) is 11.3. The molecule has 0 fully saturated rings. The van der Waals surface area contributed by atoms with Crippen LogP contribution in [-0.2, 0) is 11.2 Å². The lowest BCUT2D eigenvalue weighted by molar-refractivity contribution is -0.114. The van der Waals surface area contributed by atoms with Gasteiger partial charge in [0.15, 0.2) is 5.78 Å². The van der Waals surface area contributed by atoms with Crippen molar-refractivity contribution in [3.05, 3.63) is 47.4 Å². The Hall–Kier alpha value is -1.64. The minimum atomic E-state index is -0.357. The maximum Gasteiger partial charge on any atom is 0.161 e. The average molecular weight is 193 g/mol. The molecular weight excluding hydrogens is 181 g/mol. The standard InChI is InChI=1S/C11H12FNO/c1-8(13)6-10(14)7-9-4-2-3-5-11(9)12/h2-6H,7,13H2,1H3/b8-6-. The molecule has 0 amide bonds. The van der Waals surface area contributed by atoms with Crippen LogP contribution in [0.4, 0.5) is 4.39 Å². The number of nitrogens with two attached hydrogens (primary N) is 1. The minimum absolute atomic E-state index is 0.0568. The predicted octanol–water partition coefficient (Wildman–Crippen LogP) is 1.80. The predicted molar refractivity (Wildman–Crippen MR) is 53.1 cm³/mol. The van der Waals surface area contributed by atoms with Crippen LogP contribution < -0.4 is 5.73 Å². The second kappa shape index (κ2) is 4.56. The van der Waals surface area contributed by atoms with E-state index >= 15 is 0 Å². The Kier molecular flexibility index (Phi) is 3.40. The van der Waals surface area contributed by atoms with Gasteiger partial charge < -0.3 is 5.73 Å². The molecular formula is C11H12FNO. The minimum Gasteiger partial charge on any atom is -0.402 e. The molecule has 14 heavy (non-hydrogen) atoms. The lowest BCUT2D eigenvalue weighted by atomic mass is 10.1. The van der Waals surface area contributed by atoms with Crippen LogP contribution in [0.5, 0.6) is 0 Å². The first-order valence-electron chi connectivity index (χ1n) is 4.29. The van der Waals surface area contributed by atoms with Crippen LogP contribution in [0.3, 0.4) is 0 Å². The molecule has 0 spiro atoms. The molecule has 0 heterocycles. The van der Waals surface area contributed by atoms with E-state index in [4.69, 9.17) is 5.73 Å². The van der Waals surface area contributed by atoms with Crippen LogP contribution in [0, 0.1) is 5.82 Å². The summed E-state index contributed by atoms with van der Waals surface area (Å²) in [6.07, 6.45) is 1.37. The SMILES string of the molecule is C/C(N)=C/C(=O)Cc1ccccc1F. The molecule has 1 rings (SSSR count). The Morgan fingerprint density at radius 2 is 2.14 bits per heavy atom. The molecule has 74 valence electrons. The first-order chi connectivity index (χ1) is 6.59. The zero-order chi connectivity index (χ0) is 10.6. The Morgan fingerprint density at radius 1 is 1.50 bits per heavy atom. The lowest BCUT2D eigenvalue weighted by Gasteiger charge is -1.99. The van der Waals surface area contributed by atoms with Crippen LogP contribution in [0.1, 0.15) is 12.5 Å². The van der Waals surface area contributed by atoms with E-state index in [2.05, 4.69) is 0 Å². The van der Waals surface area contributed by atoms with Crippen LogP contribution >= 0.6 is 0 Å². The highest BCUT2D eigenvalue weighted by atomic mass is 19.1. The Balaban J connectivity index is 2.75. The van der Waals surface area contributed by atoms with E-state index in [-0.39, 0.29) is 18.0 Å². The lowest BCUT2D eigenvalue weighted by Crippen LogP contribution is -2.04. The number of carbonyl (C=O) groups is 1. The molecule has 0 radical (unpaired) electrons. The quantitative estimate of drug-likeness (QED) is 0.744. The second-order valence-corrected chi connectivity index (χ2v) is 3.12. The Labute approximate surface area is 82.2 Å². The van der Waals surface area contributed by atoms with Gasteiger partial charge in [-0.1, -0.05) is 18.2 Å². The summed E-state index contributed by atoms with van der Waals surface area (Å²) in [5.41, 5.74) is 6.17. The molecule has 0 aliphatic heterocycles. The van der Waals surface area contributed by atoms with Crippen LogP contribution in [-0.4, -0.2) is 5.78 Å². The fourth-order valence-electron chi connectivity index (χ4n) is 1.13. The summed E-state index contributed by atoms with van der Waals surface area (Å²) in [6, 6.07) is 6.21. The number of ketones is 1. The van der Waals surface area contributed by atoms with Crippen molar-refractivity contribution in [2.75, 3.05) is 0 Å². The Morgan fingerprint density at radius 3 is 2.71 bits per heavy atom. The number of carbonyl (C=O) groups excluding carboxylic acids is 1. The van der Waals surface area contributed by atoms with Gasteiger partial charge in [-0.2, -0.15) is 0 Å². The topological polar surface area (TPSA) is 43.1 Å². The van der Waals surface area contributed by atoms with Gasteiger partial charge in [0.1, 0.15) is 5.82 Å². The molecule has 3 heteroatoms. The van der Waals surface area contributed by atoms with Gasteiger partial charge in [0.2, 0.25) is 0 Å². The highest BCUT2D eigenvalue weighted by Crippen LogP contribution is 2.07. The van der Waals surface area contributed by atoms with Gasteiger partial charge in [0.05, 0.1) is 0 Å². The van der Waals surface area contributed by atoms with Crippen LogP contribution in [0.2, 0.25) is 0 Å². The van der Waals surface area contributed by atoms with E-state index in [1.54, 1.807) is 25.1 Å². The zero-order valence-electron chi connectivity index (χ0n) is 7.96. The number of rotatable bonds is 3. The number of halogens is 1. The van der Waals surface area contributed by atoms with Gasteiger partial charge in [-0.15, -0.1) is 0 Å². The second-order valence-electron chi connectivity index (χ2n) is 3.12. The molecule has 0 aliphatic carbocycles. The maximum absolute atomic E-state index is 13.1. The molecule has 1 aromatic rings. The van der Waals surface area contributed by atoms with Gasteiger partial charge in [-0.05, 0) is 24.6 Å². The molecule has 0 atom stereocenters. The van der Waals surface area contributed by atoms with Crippen molar-refractivity contribution in [3.63, 3.8) is 0 Å². The van der Waals surface area contributed by atoms with Gasteiger partial charge in [-0.3, -0.25) is 4.79 Å². The third-order valence-corrected chi connectivity index (χ3v) is 1.71. The van der Waals surface area contributed by atoms with Gasteiger partial charge in [-0.25, -0.2) is 4.39 Å². The number of allylic oxidation sites excluding steroid dienone is 2. The largest absolute Gasteiger partial charge is 0.402 e. The van der Waals surface area contributed by atoms with Crippen molar-refractivity contribution in [2.24, 2.45) is 5.73 Å². The van der Waals surface area contributed by atoms with Crippen LogP contribution in [0.15, 0.2) is 36.0 Å². The molecule has 0 saturated heterocycles. The summed E-state index contributed by atoms with van der Waals surface area (Å²) in [5, 5.41) is 0. The molecule has 0 unspecified atom stereocenters. The average Bonchev–Trinajstić information content (AvgIpc) is 2.07. The molecule has 0 aromatic heterocycles. The van der Waals surface area contributed by atoms with Crippen LogP contribution in [0.25, 0.3) is 0 Å². The van der Waals surface area contributed by atoms with E-state index in [0.29, 0.717) is 11.3 Å². The van der Waals surface area contributed by atoms with E-state index < -0.39 is 0 Å². The summed E-state index contributed by atoms with van der Waals surface area (Å²) in [7, 11) is 0. The molecule has 2 N–H and O–H groups in total. The Bertz CT molecular complexity index is 367. The van der Waals surface area contributed by atoms with Gasteiger partial charge in [0, 0.05) is 12.1 Å². The highest BCUT2D eigenvalue weighted by Gasteiger charge is 2.04. The highest BCUT2D eigenvalue weighted by molar-refractivity contribution is 5.91. The van der Waals surface area contributed by atoms with Crippen molar-refractivity contribution in [1.82, 2.24) is 0 Å². The molecule has 1 aromatic carbocycles. The van der Waals surface area contributed by atoms with Crippen molar-refractivity contribution in [3.8, 4) is 0 Å². The van der Waals surface area contributed by atoms with Crippen molar-refractivity contribution >= 4 is 5.78 Å². The van der Waals surface area contributed by atoms with E-state index in [1.165, 1.54) is 12.1 Å². The first-order valence-corrected chi connectivity index (χ1v) is 4.29. The fourth-order valence-corrected chi connectivity index (χ4v) is 1.13. The third kappa shape index (κ3) is 3.01. The molecule has 0 aliphatic rings. The normalized spacial score (nSPS) is 11.4. The summed E-state index contributed by atoms with van der Waals surface area (Å²) < 4.78 is 13.1. The van der Waals surface area contributed by atoms with E-state index in [1.807, 2.05) is 0 Å². The van der Waals surface area contributed by atoms with Gasteiger partial charge >= 0.3 is 0 Å². The number of hydrogen-bond donors (Lipinski definition) is 1. The maximum atomic E-state index is 13.1. The van der Waals surface area contributed by atoms with Crippen molar-refractivity contribution in [1.29, 1.82) is 0 Å². The van der Waals surface area contributed by atoms with E-state index in [9.17, 15) is 9.18 Å². The van der Waals surface area contributed by atoms with E-state index in [0.717, 1.165) is 0 Å². The summed E-state index contributed by atoms with van der Waals surface area (Å²) >= 11 is 0. The van der Waals surface area contributed by atoms with Crippen molar-refractivity contribution in [2.45, 2.75) is 13.3 Å². The number of hydrogen-bond acceptors (Lipinski definition) is 2. The van der Waals surface area contributed by atoms with Gasteiger partial charge in [0.25, 0.3) is 0 Å². The zero-order valence-corrected chi connectivity index (χ0v) is 7.96. The molecule has 0 saturated carbocycles. The molecule has 0 bridgehead atoms. The third-order valence-electron chi connectivity index (χ3n) is 1.71. The molecule has 2 nitrogen and oxygen atoms in total. The summed E-state index contributed by atoms with van der Waals surface area (Å²) in [6.45, 7) is 1.62. The number of benzene rings is 1. The fraction of sp³-hybridized carbons (Fsp3) is 0.182.